The van der Waals surface area contributed by atoms with E-state index in [4.69, 9.17) is 4.98 Å². The van der Waals surface area contributed by atoms with E-state index < -0.39 is 0 Å². The second kappa shape index (κ2) is 12.3. The molecule has 0 fully saturated rings. The smallest absolute Gasteiger partial charge is 0.241 e. The van der Waals surface area contributed by atoms with Gasteiger partial charge in [0, 0.05) is 20.9 Å². The fraction of sp³-hybridized carbons (Fsp3) is 0.0714. The van der Waals surface area contributed by atoms with Crippen LogP contribution in [0.2, 0.25) is 0 Å². The number of allylic oxidation sites excluding steroid dienone is 1. The van der Waals surface area contributed by atoms with Crippen molar-refractivity contribution < 1.29 is 0 Å². The van der Waals surface area contributed by atoms with Crippen molar-refractivity contribution in [3.05, 3.63) is 162 Å². The van der Waals surface area contributed by atoms with E-state index in [-0.39, 0.29) is 6.71 Å². The molecule has 7 rings (SSSR count). The maximum Gasteiger partial charge on any atom is 0.241 e. The minimum atomic E-state index is 0.146. The van der Waals surface area contributed by atoms with Crippen LogP contribution in [0.3, 0.4) is 0 Å². The summed E-state index contributed by atoms with van der Waals surface area (Å²) >= 11 is 1.73. The molecule has 0 amide bonds. The Morgan fingerprint density at radius 2 is 1.33 bits per heavy atom. The summed E-state index contributed by atoms with van der Waals surface area (Å²) in [6, 6.07) is 46.0. The van der Waals surface area contributed by atoms with Crippen LogP contribution >= 0.6 is 11.8 Å². The molecule has 0 spiro atoms. The van der Waals surface area contributed by atoms with Gasteiger partial charge in [-0.15, -0.1) is 0 Å². The van der Waals surface area contributed by atoms with Crippen LogP contribution in [0.15, 0.2) is 145 Å². The van der Waals surface area contributed by atoms with Crippen LogP contribution in [0.5, 0.6) is 0 Å². The number of thioether (sulfide) groups is 1. The molecule has 0 saturated heterocycles. The molecular formula is C42H34BNS. The maximum atomic E-state index is 5.20. The number of nitrogens with zero attached hydrogens (tertiary/aromatic N) is 1. The first-order valence-corrected chi connectivity index (χ1v) is 16.3. The van der Waals surface area contributed by atoms with Crippen molar-refractivity contribution >= 4 is 45.8 Å². The Kier molecular flexibility index (Phi) is 7.87. The Bertz CT molecular complexity index is 2040. The van der Waals surface area contributed by atoms with Gasteiger partial charge in [-0.1, -0.05) is 156 Å². The van der Waals surface area contributed by atoms with Crippen LogP contribution in [0.1, 0.15) is 29.3 Å². The summed E-state index contributed by atoms with van der Waals surface area (Å²) in [7, 11) is 0. The van der Waals surface area contributed by atoms with Gasteiger partial charge in [0.2, 0.25) is 6.71 Å². The average Bonchev–Trinajstić information content (AvgIpc) is 3.07. The zero-order chi connectivity index (χ0) is 30.9. The number of pyridine rings is 1. The number of benzene rings is 5. The molecule has 216 valence electrons. The van der Waals surface area contributed by atoms with Crippen LogP contribution in [0.4, 0.5) is 0 Å². The van der Waals surface area contributed by atoms with E-state index >= 15 is 0 Å². The topological polar surface area (TPSA) is 12.9 Å². The van der Waals surface area contributed by atoms with Crippen molar-refractivity contribution in [1.82, 2.24) is 4.98 Å². The summed E-state index contributed by atoms with van der Waals surface area (Å²) in [5.41, 5.74) is 15.6. The molecule has 2 heterocycles. The predicted molar refractivity (Wildman–Crippen MR) is 197 cm³/mol. The number of hydrogen-bond donors (Lipinski definition) is 0. The fourth-order valence-corrected chi connectivity index (χ4v) is 7.76. The van der Waals surface area contributed by atoms with Crippen LogP contribution in [0, 0.1) is 13.8 Å². The van der Waals surface area contributed by atoms with Gasteiger partial charge < -0.3 is 0 Å². The first-order chi connectivity index (χ1) is 22.0. The van der Waals surface area contributed by atoms with Gasteiger partial charge in [0.1, 0.15) is 0 Å². The van der Waals surface area contributed by atoms with Crippen LogP contribution in [-0.2, 0) is 0 Å². The van der Waals surface area contributed by atoms with E-state index in [1.54, 1.807) is 11.8 Å². The molecule has 1 aliphatic heterocycles. The van der Waals surface area contributed by atoms with Gasteiger partial charge >= 0.3 is 0 Å². The Labute approximate surface area is 271 Å². The van der Waals surface area contributed by atoms with E-state index in [1.807, 2.05) is 6.92 Å². The van der Waals surface area contributed by atoms with E-state index in [9.17, 15) is 0 Å². The zero-order valence-electron chi connectivity index (χ0n) is 25.9. The van der Waals surface area contributed by atoms with Gasteiger partial charge in [-0.3, -0.25) is 0 Å². The molecule has 5 aromatic carbocycles. The molecule has 6 aromatic rings. The molecule has 0 atom stereocenters. The lowest BCUT2D eigenvalue weighted by Gasteiger charge is -2.24. The Morgan fingerprint density at radius 3 is 2.04 bits per heavy atom. The number of aromatic nitrogens is 1. The molecular weight excluding hydrogens is 561 g/mol. The summed E-state index contributed by atoms with van der Waals surface area (Å²) in [5.74, 6) is 0. The fourth-order valence-electron chi connectivity index (χ4n) is 6.74. The first kappa shape index (κ1) is 28.9. The van der Waals surface area contributed by atoms with Gasteiger partial charge in [-0.05, 0) is 72.9 Å². The predicted octanol–water partition coefficient (Wildman–Crippen LogP) is 9.33. The largest absolute Gasteiger partial charge is 0.248 e. The van der Waals surface area contributed by atoms with Gasteiger partial charge in [-0.25, -0.2) is 4.98 Å². The van der Waals surface area contributed by atoms with Gasteiger partial charge in [0.25, 0.3) is 0 Å². The number of hydrogen-bond acceptors (Lipinski definition) is 2. The minimum absolute atomic E-state index is 0.146. The zero-order valence-corrected chi connectivity index (χ0v) is 26.7. The standard InChI is InChI=1S/C42H34BNS/c1-5-15-38-41-30(4)45-40-23-13-12-22-36(40)37(41)27-39(44-38)32-17-14-16-31(26-32)35-25-24-28(2)42(29(35)3)43(33-18-8-6-9-19-33)34-20-10-7-11-21-34/h5-27H,4H2,1-3H3/b15-5-. The molecule has 0 N–H and O–H groups in total. The van der Waals surface area contributed by atoms with Crippen molar-refractivity contribution in [2.75, 3.05) is 0 Å². The highest BCUT2D eigenvalue weighted by molar-refractivity contribution is 8.08. The lowest BCUT2D eigenvalue weighted by atomic mass is 9.35. The van der Waals surface area contributed by atoms with Gasteiger partial charge in [0.15, 0.2) is 0 Å². The van der Waals surface area contributed by atoms with Crippen LogP contribution in [0.25, 0.3) is 44.5 Å². The lowest BCUT2D eigenvalue weighted by molar-refractivity contribution is 1.27. The van der Waals surface area contributed by atoms with Crippen LogP contribution < -0.4 is 16.4 Å². The highest BCUT2D eigenvalue weighted by Gasteiger charge is 2.27. The summed E-state index contributed by atoms with van der Waals surface area (Å²) in [4.78, 5) is 7.48. The number of rotatable bonds is 6. The number of fused-ring (bicyclic) bond motifs is 3. The summed E-state index contributed by atoms with van der Waals surface area (Å²) < 4.78 is 0. The molecule has 0 bridgehead atoms. The van der Waals surface area contributed by atoms with E-state index in [0.717, 1.165) is 27.4 Å². The van der Waals surface area contributed by atoms with Crippen LogP contribution in [-0.4, -0.2) is 11.7 Å². The van der Waals surface area contributed by atoms with Gasteiger partial charge in [-0.2, -0.15) is 0 Å². The minimum Gasteiger partial charge on any atom is -0.248 e. The molecule has 3 heteroatoms. The molecule has 1 nitrogen and oxygen atoms in total. The monoisotopic (exact) mass is 595 g/mol. The Balaban J connectivity index is 1.38. The molecule has 1 aromatic heterocycles. The Morgan fingerprint density at radius 1 is 0.667 bits per heavy atom. The summed E-state index contributed by atoms with van der Waals surface area (Å²) in [5, 5.41) is 0. The second-order valence-electron chi connectivity index (χ2n) is 11.6. The normalized spacial score (nSPS) is 12.2. The summed E-state index contributed by atoms with van der Waals surface area (Å²) in [6.07, 6.45) is 4.17. The quantitative estimate of drug-likeness (QED) is 0.178. The maximum absolute atomic E-state index is 5.20. The third kappa shape index (κ3) is 5.39. The molecule has 45 heavy (non-hydrogen) atoms. The van der Waals surface area contributed by atoms with E-state index in [2.05, 4.69) is 160 Å². The lowest BCUT2D eigenvalue weighted by Crippen LogP contribution is -2.54. The highest BCUT2D eigenvalue weighted by atomic mass is 32.2. The molecule has 0 unspecified atom stereocenters. The van der Waals surface area contributed by atoms with E-state index in [0.29, 0.717) is 0 Å². The SMILES string of the molecule is C=C1Sc2ccccc2-c2cc(-c3cccc(-c4ccc(C)c(B(c5ccccc5)c5ccccc5)c4C)c3)nc(/C=C\C)c21. The van der Waals surface area contributed by atoms with Crippen molar-refractivity contribution in [1.29, 1.82) is 0 Å². The van der Waals surface area contributed by atoms with Gasteiger partial charge in [0.05, 0.1) is 11.4 Å². The molecule has 0 radical (unpaired) electrons. The highest BCUT2D eigenvalue weighted by Crippen LogP contribution is 2.49. The van der Waals surface area contributed by atoms with Crippen molar-refractivity contribution in [3.63, 3.8) is 0 Å². The first-order valence-electron chi connectivity index (χ1n) is 15.5. The summed E-state index contributed by atoms with van der Waals surface area (Å²) in [6.45, 7) is 11.1. The third-order valence-corrected chi connectivity index (χ3v) is 9.84. The molecule has 0 aliphatic carbocycles. The van der Waals surface area contributed by atoms with E-state index in [1.165, 1.54) is 54.7 Å². The third-order valence-electron chi connectivity index (χ3n) is 8.82. The average molecular weight is 596 g/mol. The van der Waals surface area contributed by atoms with Crippen molar-refractivity contribution in [2.24, 2.45) is 0 Å². The van der Waals surface area contributed by atoms with Crippen molar-refractivity contribution in [2.45, 2.75) is 25.7 Å². The molecule has 1 aliphatic rings. The van der Waals surface area contributed by atoms with Crippen molar-refractivity contribution in [3.8, 4) is 33.5 Å². The second-order valence-corrected chi connectivity index (χ2v) is 12.8. The molecule has 0 saturated carbocycles. The Hall–Kier alpha value is -4.86. The number of aryl methyl sites for hydroxylation is 1.